The summed E-state index contributed by atoms with van der Waals surface area (Å²) in [6.45, 7) is 0.337. The van der Waals surface area contributed by atoms with E-state index in [4.69, 9.17) is 0 Å². The maximum Gasteiger partial charge on any atom is 0.419 e. The van der Waals surface area contributed by atoms with Crippen molar-refractivity contribution in [1.29, 1.82) is 0 Å². The summed E-state index contributed by atoms with van der Waals surface area (Å²) < 4.78 is 19.2. The first-order valence-electron chi connectivity index (χ1n) is 1.62. The van der Waals surface area contributed by atoms with Crippen LogP contribution in [0, 0.1) is 0 Å². The second-order valence-corrected chi connectivity index (χ2v) is 1.85. The summed E-state index contributed by atoms with van der Waals surface area (Å²) in [4.78, 5) is 0. The molecule has 40 valence electrons. The Bertz CT molecular complexity index is 58.7. The minimum Gasteiger partial charge on any atom is -0.0931 e. The molecule has 6 heteroatoms. The van der Waals surface area contributed by atoms with Gasteiger partial charge in [0, 0.05) is 0 Å². The number of hydrogen-bond donors (Lipinski definition) is 2. The zero-order valence-electron chi connectivity index (χ0n) is 3.52. The molecule has 2 atom stereocenters. The second-order valence-electron chi connectivity index (χ2n) is 0.734. The van der Waals surface area contributed by atoms with Gasteiger partial charge in [-0.2, -0.15) is 0 Å². The molecule has 2 unspecified atom stereocenters. The molecule has 0 aliphatic carbocycles. The van der Waals surface area contributed by atoms with E-state index in [0.717, 1.165) is 0 Å². The van der Waals surface area contributed by atoms with E-state index in [0.29, 0.717) is 6.67 Å². The monoisotopic (exact) mass is 140 g/mol. The van der Waals surface area contributed by atoms with Gasteiger partial charge in [0.05, 0.1) is 0 Å². The molecule has 0 aliphatic rings. The predicted octanol–water partition coefficient (Wildman–Crippen LogP) is 0.00110. The Labute approximate surface area is 44.2 Å². The predicted molar refractivity (Wildman–Crippen MR) is 29.1 cm³/mol. The normalized spacial score (nSPS) is 10.3. The Morgan fingerprint density at radius 2 is 1.57 bits per heavy atom. The molecule has 0 aromatic heterocycles. The second kappa shape index (κ2) is 6.12. The van der Waals surface area contributed by atoms with Crippen molar-refractivity contribution in [2.24, 2.45) is 0 Å². The molecule has 0 aromatic carbocycles. The van der Waals surface area contributed by atoms with E-state index in [1.165, 1.54) is 0 Å². The molecular weight excluding hydrogens is 134 g/mol. The van der Waals surface area contributed by atoms with Gasteiger partial charge < -0.3 is 0 Å². The molecule has 0 saturated carbocycles. The highest BCUT2D eigenvalue weighted by Crippen LogP contribution is 1.79. The summed E-state index contributed by atoms with van der Waals surface area (Å²) in [5, 5.41) is 4.83. The lowest BCUT2D eigenvalue weighted by atomic mass is 11.3. The summed E-state index contributed by atoms with van der Waals surface area (Å²) in [5.74, 6) is 0. The Morgan fingerprint density at radius 3 is 1.86 bits per heavy atom. The zero-order valence-corrected chi connectivity index (χ0v) is 5.52. The van der Waals surface area contributed by atoms with Gasteiger partial charge in [-0.05, 0) is 0 Å². The average Bonchev–Trinajstić information content (AvgIpc) is 1.69. The number of hydrogen-bond acceptors (Lipinski definition) is 2. The molecule has 0 aliphatic heterocycles. The van der Waals surface area contributed by atoms with Gasteiger partial charge in [-0.15, -0.1) is 0 Å². The topological polar surface area (TPSA) is 58.2 Å². The largest absolute Gasteiger partial charge is 0.419 e. The standard InChI is InChI=1S/CH4N2O2P2/c4-6-2-1-3-7-5/h1H2,(H,2,4)(H,3,5)/p+2. The van der Waals surface area contributed by atoms with Crippen LogP contribution in [0.3, 0.4) is 0 Å². The lowest BCUT2D eigenvalue weighted by Gasteiger charge is -1.72. The van der Waals surface area contributed by atoms with Gasteiger partial charge in [0.1, 0.15) is 6.67 Å². The van der Waals surface area contributed by atoms with Crippen LogP contribution in [0.25, 0.3) is 0 Å². The third-order valence-electron chi connectivity index (χ3n) is 0.321. The van der Waals surface area contributed by atoms with Crippen LogP contribution in [0.5, 0.6) is 0 Å². The Kier molecular flexibility index (Phi) is 6.22. The number of rotatable bonds is 4. The fraction of sp³-hybridized carbons (Fsp3) is 1.00. The smallest absolute Gasteiger partial charge is 0.0931 e. The van der Waals surface area contributed by atoms with Crippen molar-refractivity contribution in [2.45, 2.75) is 0 Å². The fourth-order valence-electron chi connectivity index (χ4n) is 0.116. The molecule has 0 rings (SSSR count). The maximum atomic E-state index is 9.58. The first-order valence-corrected chi connectivity index (χ1v) is 3.43. The van der Waals surface area contributed by atoms with E-state index < -0.39 is 17.2 Å². The summed E-state index contributed by atoms with van der Waals surface area (Å²) in [6.07, 6.45) is 0. The van der Waals surface area contributed by atoms with Crippen LogP contribution >= 0.6 is 17.2 Å². The third-order valence-corrected chi connectivity index (χ3v) is 0.963. The lowest BCUT2D eigenvalue weighted by Crippen LogP contribution is -2.12. The van der Waals surface area contributed by atoms with Gasteiger partial charge in [-0.1, -0.05) is 19.3 Å². The van der Waals surface area contributed by atoms with Gasteiger partial charge in [-0.3, -0.25) is 0 Å². The molecule has 0 amide bonds. The van der Waals surface area contributed by atoms with Gasteiger partial charge in [0.15, 0.2) is 0 Å². The molecule has 0 fully saturated rings. The first kappa shape index (κ1) is 7.12. The van der Waals surface area contributed by atoms with E-state index in [9.17, 15) is 9.13 Å². The first-order chi connectivity index (χ1) is 3.41. The van der Waals surface area contributed by atoms with Crippen LogP contribution in [0.15, 0.2) is 0 Å². The minimum atomic E-state index is -0.529. The molecule has 4 nitrogen and oxygen atoms in total. The SMILES string of the molecule is O=[PH+]NCN[PH+]=O. The molecule has 2 N–H and O–H groups in total. The van der Waals surface area contributed by atoms with Crippen molar-refractivity contribution in [3.63, 3.8) is 0 Å². The van der Waals surface area contributed by atoms with Crippen LogP contribution in [-0.2, 0) is 9.13 Å². The summed E-state index contributed by atoms with van der Waals surface area (Å²) >= 11 is 0. The van der Waals surface area contributed by atoms with E-state index in [2.05, 4.69) is 10.2 Å². The van der Waals surface area contributed by atoms with Crippen LogP contribution in [-0.4, -0.2) is 6.67 Å². The summed E-state index contributed by atoms with van der Waals surface area (Å²) in [7, 11) is -1.06. The molecule has 0 aromatic rings. The quantitative estimate of drug-likeness (QED) is 0.328. The highest BCUT2D eigenvalue weighted by molar-refractivity contribution is 7.22. The zero-order chi connectivity index (χ0) is 5.54. The Balaban J connectivity index is 2.68. The molecule has 0 heterocycles. The highest BCUT2D eigenvalue weighted by Gasteiger charge is 1.88. The van der Waals surface area contributed by atoms with Crippen LogP contribution < -0.4 is 10.2 Å². The molecule has 0 saturated heterocycles. The van der Waals surface area contributed by atoms with Gasteiger partial charge >= 0.3 is 17.2 Å². The van der Waals surface area contributed by atoms with Crippen molar-refractivity contribution >= 4 is 17.2 Å². The molecule has 7 heavy (non-hydrogen) atoms. The highest BCUT2D eigenvalue weighted by atomic mass is 31.1. The fourth-order valence-corrected chi connectivity index (χ4v) is 0.614. The third kappa shape index (κ3) is 6.12. The average molecular weight is 140 g/mol. The Morgan fingerprint density at radius 1 is 1.14 bits per heavy atom. The van der Waals surface area contributed by atoms with Crippen LogP contribution in [0.2, 0.25) is 0 Å². The maximum absolute atomic E-state index is 9.58. The summed E-state index contributed by atoms with van der Waals surface area (Å²) in [5.41, 5.74) is 0. The van der Waals surface area contributed by atoms with Crippen molar-refractivity contribution in [2.75, 3.05) is 6.67 Å². The van der Waals surface area contributed by atoms with Gasteiger partial charge in [0.2, 0.25) is 0 Å². The van der Waals surface area contributed by atoms with Gasteiger partial charge in [-0.25, -0.2) is 0 Å². The van der Waals surface area contributed by atoms with E-state index in [1.807, 2.05) is 0 Å². The molecule has 0 bridgehead atoms. The van der Waals surface area contributed by atoms with E-state index >= 15 is 0 Å². The van der Waals surface area contributed by atoms with Crippen molar-refractivity contribution in [1.82, 2.24) is 10.2 Å². The Hall–Kier alpha value is 0.120. The van der Waals surface area contributed by atoms with Crippen LogP contribution in [0.1, 0.15) is 0 Å². The minimum absolute atomic E-state index is 0.337. The van der Waals surface area contributed by atoms with E-state index in [-0.39, 0.29) is 0 Å². The molecule has 0 spiro atoms. The number of nitrogens with one attached hydrogen (secondary N) is 2. The molecular formula is CH6N2O2P2+2. The summed E-state index contributed by atoms with van der Waals surface area (Å²) in [6, 6.07) is 0. The van der Waals surface area contributed by atoms with Crippen molar-refractivity contribution in [3.05, 3.63) is 0 Å². The molecule has 0 radical (unpaired) electrons. The van der Waals surface area contributed by atoms with E-state index in [1.54, 1.807) is 0 Å². The van der Waals surface area contributed by atoms with Crippen molar-refractivity contribution < 1.29 is 9.13 Å². The van der Waals surface area contributed by atoms with Crippen LogP contribution in [0.4, 0.5) is 0 Å². The lowest BCUT2D eigenvalue weighted by molar-refractivity contribution is 0.584. The van der Waals surface area contributed by atoms with Crippen molar-refractivity contribution in [3.8, 4) is 0 Å². The van der Waals surface area contributed by atoms with Gasteiger partial charge in [0.25, 0.3) is 0 Å².